The molecule has 0 radical (unpaired) electrons. The molecular weight excluding hydrogens is 216 g/mol. The quantitative estimate of drug-likeness (QED) is 0.841. The Morgan fingerprint density at radius 1 is 1.53 bits per heavy atom. The van der Waals surface area contributed by atoms with E-state index in [2.05, 4.69) is 20.5 Å². The second kappa shape index (κ2) is 4.78. The van der Waals surface area contributed by atoms with Gasteiger partial charge in [0.2, 0.25) is 0 Å². The topological polar surface area (TPSA) is 70.7 Å². The SMILES string of the molecule is Cc1ccnc(C(C)NC(=O)c2cn[nH]c2)c1. The normalized spacial score (nSPS) is 12.1. The molecule has 2 N–H and O–H groups in total. The summed E-state index contributed by atoms with van der Waals surface area (Å²) in [5.74, 6) is -0.158. The smallest absolute Gasteiger partial charge is 0.254 e. The number of H-pyrrole nitrogens is 1. The average molecular weight is 230 g/mol. The molecule has 17 heavy (non-hydrogen) atoms. The molecule has 1 amide bonds. The number of aromatic nitrogens is 3. The summed E-state index contributed by atoms with van der Waals surface area (Å²) in [6.45, 7) is 3.90. The van der Waals surface area contributed by atoms with Crippen LogP contribution in [-0.2, 0) is 0 Å². The fourth-order valence-electron chi connectivity index (χ4n) is 1.53. The minimum atomic E-state index is -0.158. The lowest BCUT2D eigenvalue weighted by Gasteiger charge is -2.12. The summed E-state index contributed by atoms with van der Waals surface area (Å²) < 4.78 is 0. The van der Waals surface area contributed by atoms with Crippen molar-refractivity contribution >= 4 is 5.91 Å². The van der Waals surface area contributed by atoms with Crippen LogP contribution in [0.1, 0.15) is 34.6 Å². The van der Waals surface area contributed by atoms with Crippen molar-refractivity contribution in [3.8, 4) is 0 Å². The van der Waals surface area contributed by atoms with Gasteiger partial charge >= 0.3 is 0 Å². The summed E-state index contributed by atoms with van der Waals surface area (Å²) in [6.07, 6.45) is 4.79. The van der Waals surface area contributed by atoms with Crippen LogP contribution in [0.25, 0.3) is 0 Å². The molecule has 1 unspecified atom stereocenters. The van der Waals surface area contributed by atoms with Gasteiger partial charge in [-0.25, -0.2) is 0 Å². The lowest BCUT2D eigenvalue weighted by molar-refractivity contribution is 0.0939. The van der Waals surface area contributed by atoms with Crippen molar-refractivity contribution in [1.82, 2.24) is 20.5 Å². The average Bonchev–Trinajstić information content (AvgIpc) is 2.82. The van der Waals surface area contributed by atoms with Gasteiger partial charge in [0.05, 0.1) is 23.5 Å². The van der Waals surface area contributed by atoms with Crippen LogP contribution in [-0.4, -0.2) is 21.1 Å². The van der Waals surface area contributed by atoms with Gasteiger partial charge in [0.15, 0.2) is 0 Å². The van der Waals surface area contributed by atoms with Crippen LogP contribution in [0.15, 0.2) is 30.7 Å². The monoisotopic (exact) mass is 230 g/mol. The first-order valence-electron chi connectivity index (χ1n) is 5.39. The first-order valence-corrected chi connectivity index (χ1v) is 5.39. The minimum Gasteiger partial charge on any atom is -0.344 e. The molecule has 1 atom stereocenters. The van der Waals surface area contributed by atoms with E-state index in [1.54, 1.807) is 12.4 Å². The van der Waals surface area contributed by atoms with Crippen molar-refractivity contribution in [2.24, 2.45) is 0 Å². The highest BCUT2D eigenvalue weighted by atomic mass is 16.1. The van der Waals surface area contributed by atoms with Crippen LogP contribution < -0.4 is 5.32 Å². The number of nitrogens with zero attached hydrogens (tertiary/aromatic N) is 2. The van der Waals surface area contributed by atoms with Crippen molar-refractivity contribution < 1.29 is 4.79 Å². The highest BCUT2D eigenvalue weighted by Gasteiger charge is 2.12. The van der Waals surface area contributed by atoms with E-state index in [0.29, 0.717) is 5.56 Å². The maximum atomic E-state index is 11.8. The molecule has 2 rings (SSSR count). The third kappa shape index (κ3) is 2.69. The third-order valence-electron chi connectivity index (χ3n) is 2.49. The number of amides is 1. The van der Waals surface area contributed by atoms with Gasteiger partial charge < -0.3 is 5.32 Å². The molecule has 5 nitrogen and oxygen atoms in total. The molecule has 0 aromatic carbocycles. The Morgan fingerprint density at radius 2 is 2.35 bits per heavy atom. The number of rotatable bonds is 3. The number of nitrogens with one attached hydrogen (secondary N) is 2. The lowest BCUT2D eigenvalue weighted by atomic mass is 10.1. The number of hydrogen-bond donors (Lipinski definition) is 2. The fraction of sp³-hybridized carbons (Fsp3) is 0.250. The Hall–Kier alpha value is -2.17. The Bertz CT molecular complexity index is 507. The highest BCUT2D eigenvalue weighted by molar-refractivity contribution is 5.93. The van der Waals surface area contributed by atoms with Crippen LogP contribution in [0.3, 0.4) is 0 Å². The van der Waals surface area contributed by atoms with E-state index in [9.17, 15) is 4.79 Å². The van der Waals surface area contributed by atoms with Gasteiger partial charge in [-0.05, 0) is 31.5 Å². The molecule has 0 aliphatic carbocycles. The van der Waals surface area contributed by atoms with Crippen LogP contribution in [0, 0.1) is 6.92 Å². The van der Waals surface area contributed by atoms with E-state index in [0.717, 1.165) is 11.3 Å². The van der Waals surface area contributed by atoms with E-state index in [-0.39, 0.29) is 11.9 Å². The molecule has 0 bridgehead atoms. The molecule has 0 aliphatic rings. The molecular formula is C12H14N4O. The molecule has 5 heteroatoms. The van der Waals surface area contributed by atoms with Gasteiger partial charge in [0, 0.05) is 12.4 Å². The van der Waals surface area contributed by atoms with Gasteiger partial charge in [-0.3, -0.25) is 14.9 Å². The van der Waals surface area contributed by atoms with Crippen molar-refractivity contribution in [3.63, 3.8) is 0 Å². The maximum absolute atomic E-state index is 11.8. The molecule has 2 heterocycles. The first kappa shape index (κ1) is 11.3. The summed E-state index contributed by atoms with van der Waals surface area (Å²) >= 11 is 0. The number of pyridine rings is 1. The molecule has 0 fully saturated rings. The summed E-state index contributed by atoms with van der Waals surface area (Å²) in [5, 5.41) is 9.21. The molecule has 0 aliphatic heterocycles. The number of aromatic amines is 1. The Balaban J connectivity index is 2.07. The summed E-state index contributed by atoms with van der Waals surface area (Å²) in [5.41, 5.74) is 2.49. The standard InChI is InChI=1S/C12H14N4O/c1-8-3-4-13-11(5-8)9(2)16-12(17)10-6-14-15-7-10/h3-7,9H,1-2H3,(H,14,15)(H,16,17). The van der Waals surface area contributed by atoms with Crippen LogP contribution in [0.4, 0.5) is 0 Å². The zero-order chi connectivity index (χ0) is 12.3. The van der Waals surface area contributed by atoms with E-state index in [1.807, 2.05) is 26.0 Å². The van der Waals surface area contributed by atoms with Gasteiger partial charge in [0.25, 0.3) is 5.91 Å². The van der Waals surface area contributed by atoms with Gasteiger partial charge in [0.1, 0.15) is 0 Å². The molecule has 88 valence electrons. The predicted molar refractivity (Wildman–Crippen MR) is 63.4 cm³/mol. The van der Waals surface area contributed by atoms with Gasteiger partial charge in [-0.1, -0.05) is 0 Å². The van der Waals surface area contributed by atoms with Crippen LogP contribution >= 0.6 is 0 Å². The van der Waals surface area contributed by atoms with E-state index >= 15 is 0 Å². The van der Waals surface area contributed by atoms with E-state index in [1.165, 1.54) is 6.20 Å². The lowest BCUT2D eigenvalue weighted by Crippen LogP contribution is -2.26. The molecule has 0 saturated carbocycles. The minimum absolute atomic E-state index is 0.128. The Kier molecular flexibility index (Phi) is 3.18. The third-order valence-corrected chi connectivity index (χ3v) is 2.49. The maximum Gasteiger partial charge on any atom is 0.254 e. The largest absolute Gasteiger partial charge is 0.344 e. The summed E-state index contributed by atoms with van der Waals surface area (Å²) in [6, 6.07) is 3.76. The van der Waals surface area contributed by atoms with Crippen LogP contribution in [0.5, 0.6) is 0 Å². The molecule has 2 aromatic heterocycles. The summed E-state index contributed by atoms with van der Waals surface area (Å²) in [4.78, 5) is 16.0. The van der Waals surface area contributed by atoms with E-state index < -0.39 is 0 Å². The molecule has 2 aromatic rings. The Labute approximate surface area is 99.3 Å². The number of carbonyl (C=O) groups is 1. The predicted octanol–water partition coefficient (Wildman–Crippen LogP) is 1.60. The van der Waals surface area contributed by atoms with E-state index in [4.69, 9.17) is 0 Å². The fourth-order valence-corrected chi connectivity index (χ4v) is 1.53. The molecule has 0 saturated heterocycles. The van der Waals surface area contributed by atoms with Crippen LogP contribution in [0.2, 0.25) is 0 Å². The second-order valence-electron chi connectivity index (χ2n) is 3.94. The van der Waals surface area contributed by atoms with Crippen molar-refractivity contribution in [1.29, 1.82) is 0 Å². The first-order chi connectivity index (χ1) is 8.16. The van der Waals surface area contributed by atoms with Crippen molar-refractivity contribution in [3.05, 3.63) is 47.5 Å². The Morgan fingerprint density at radius 3 is 3.00 bits per heavy atom. The zero-order valence-electron chi connectivity index (χ0n) is 9.77. The van der Waals surface area contributed by atoms with Gasteiger partial charge in [-0.15, -0.1) is 0 Å². The number of hydrogen-bond acceptors (Lipinski definition) is 3. The highest BCUT2D eigenvalue weighted by Crippen LogP contribution is 2.11. The summed E-state index contributed by atoms with van der Waals surface area (Å²) in [7, 11) is 0. The van der Waals surface area contributed by atoms with Crippen molar-refractivity contribution in [2.45, 2.75) is 19.9 Å². The molecule has 0 spiro atoms. The van der Waals surface area contributed by atoms with Crippen molar-refractivity contribution in [2.75, 3.05) is 0 Å². The van der Waals surface area contributed by atoms with Gasteiger partial charge in [-0.2, -0.15) is 5.10 Å². The second-order valence-corrected chi connectivity index (χ2v) is 3.94. The number of carbonyl (C=O) groups excluding carboxylic acids is 1. The zero-order valence-corrected chi connectivity index (χ0v) is 9.77. The number of aryl methyl sites for hydroxylation is 1.